The highest BCUT2D eigenvalue weighted by molar-refractivity contribution is 6.32. The van der Waals surface area contributed by atoms with Crippen LogP contribution in [0.3, 0.4) is 0 Å². The highest BCUT2D eigenvalue weighted by Gasteiger charge is 2.14. The van der Waals surface area contributed by atoms with Crippen LogP contribution >= 0.6 is 11.6 Å². The number of rotatable bonds is 8. The van der Waals surface area contributed by atoms with Gasteiger partial charge in [-0.2, -0.15) is 5.10 Å². The Morgan fingerprint density at radius 3 is 2.62 bits per heavy atom. The van der Waals surface area contributed by atoms with Gasteiger partial charge in [-0.05, 0) is 43.2 Å². The van der Waals surface area contributed by atoms with Crippen LogP contribution in [0.25, 0.3) is 0 Å². The number of nitrogens with zero attached hydrogens (tertiary/aromatic N) is 2. The van der Waals surface area contributed by atoms with Crippen LogP contribution in [-0.4, -0.2) is 24.4 Å². The van der Waals surface area contributed by atoms with E-state index >= 15 is 0 Å². The molecule has 8 heteroatoms. The van der Waals surface area contributed by atoms with Gasteiger partial charge in [-0.25, -0.2) is 0 Å². The number of halogens is 1. The second kappa shape index (κ2) is 9.05. The molecule has 0 saturated carbocycles. The van der Waals surface area contributed by atoms with E-state index in [-0.39, 0.29) is 11.8 Å². The number of hydrogen-bond donors (Lipinski definition) is 1. The van der Waals surface area contributed by atoms with Crippen molar-refractivity contribution in [3.63, 3.8) is 0 Å². The van der Waals surface area contributed by atoms with Gasteiger partial charge in [-0.15, -0.1) is 0 Å². The van der Waals surface area contributed by atoms with Gasteiger partial charge in [-0.1, -0.05) is 18.5 Å². The summed E-state index contributed by atoms with van der Waals surface area (Å²) < 4.78 is 11.2. The fraction of sp³-hybridized carbons (Fsp3) is 0.278. The lowest BCUT2D eigenvalue weighted by Gasteiger charge is -2.17. The third-order valence-corrected chi connectivity index (χ3v) is 3.91. The smallest absolute Gasteiger partial charge is 0.269 e. The summed E-state index contributed by atoms with van der Waals surface area (Å²) in [5, 5.41) is 15.2. The van der Waals surface area contributed by atoms with Gasteiger partial charge in [0.1, 0.15) is 0 Å². The molecule has 0 aliphatic heterocycles. The van der Waals surface area contributed by atoms with Gasteiger partial charge in [0.25, 0.3) is 5.69 Å². The van der Waals surface area contributed by atoms with Gasteiger partial charge in [0, 0.05) is 12.1 Å². The summed E-state index contributed by atoms with van der Waals surface area (Å²) in [6, 6.07) is 9.45. The van der Waals surface area contributed by atoms with Crippen molar-refractivity contribution < 1.29 is 14.4 Å². The first kappa shape index (κ1) is 19.5. The fourth-order valence-corrected chi connectivity index (χ4v) is 2.32. The van der Waals surface area contributed by atoms with Crippen molar-refractivity contribution in [1.29, 1.82) is 0 Å². The van der Waals surface area contributed by atoms with Gasteiger partial charge in [-0.3, -0.25) is 15.5 Å². The fourth-order valence-electron chi connectivity index (χ4n) is 2.05. The third kappa shape index (κ3) is 5.10. The van der Waals surface area contributed by atoms with Gasteiger partial charge >= 0.3 is 0 Å². The van der Waals surface area contributed by atoms with Crippen LogP contribution < -0.4 is 14.9 Å². The van der Waals surface area contributed by atoms with Crippen LogP contribution in [0.2, 0.25) is 5.02 Å². The first-order valence-electron chi connectivity index (χ1n) is 8.02. The third-order valence-electron chi connectivity index (χ3n) is 3.63. The number of benzene rings is 2. The van der Waals surface area contributed by atoms with Gasteiger partial charge in [0.05, 0.1) is 35.1 Å². The minimum Gasteiger partial charge on any atom is -0.493 e. The maximum atomic E-state index is 10.6. The van der Waals surface area contributed by atoms with Crippen LogP contribution in [0, 0.1) is 10.1 Å². The van der Waals surface area contributed by atoms with E-state index in [1.54, 1.807) is 37.6 Å². The van der Waals surface area contributed by atoms with Gasteiger partial charge in [0.15, 0.2) is 11.5 Å². The van der Waals surface area contributed by atoms with E-state index in [9.17, 15) is 10.1 Å². The number of nitrogens with one attached hydrogen (secondary N) is 1. The molecule has 0 aliphatic rings. The van der Waals surface area contributed by atoms with E-state index in [1.165, 1.54) is 12.1 Å². The first-order valence-corrected chi connectivity index (χ1v) is 8.40. The van der Waals surface area contributed by atoms with E-state index in [1.807, 2.05) is 13.8 Å². The summed E-state index contributed by atoms with van der Waals surface area (Å²) in [6.45, 7) is 3.98. The Balaban J connectivity index is 2.12. The van der Waals surface area contributed by atoms with Gasteiger partial charge < -0.3 is 9.47 Å². The lowest BCUT2D eigenvalue weighted by Crippen LogP contribution is -2.11. The average molecular weight is 378 g/mol. The number of ether oxygens (including phenoxy) is 2. The normalized spacial score (nSPS) is 12.0. The summed E-state index contributed by atoms with van der Waals surface area (Å²) in [6.07, 6.45) is 2.44. The largest absolute Gasteiger partial charge is 0.493 e. The SMILES string of the molecule is CCC(C)Oc1c(Cl)cc(C=NNc2ccc([N+](=O)[O-])cc2)cc1OC. The van der Waals surface area contributed by atoms with E-state index in [0.29, 0.717) is 22.2 Å². The summed E-state index contributed by atoms with van der Waals surface area (Å²) in [7, 11) is 1.55. The second-order valence-electron chi connectivity index (χ2n) is 5.54. The average Bonchev–Trinajstić information content (AvgIpc) is 2.63. The first-order chi connectivity index (χ1) is 12.4. The highest BCUT2D eigenvalue weighted by Crippen LogP contribution is 2.37. The zero-order valence-corrected chi connectivity index (χ0v) is 15.5. The summed E-state index contributed by atoms with van der Waals surface area (Å²) >= 11 is 6.31. The molecule has 0 aromatic heterocycles. The molecule has 2 rings (SSSR count). The number of hydrazone groups is 1. The number of anilines is 1. The number of methoxy groups -OCH3 is 1. The second-order valence-corrected chi connectivity index (χ2v) is 5.95. The minimum absolute atomic E-state index is 0.0183. The van der Waals surface area contributed by atoms with Crippen molar-refractivity contribution in [2.45, 2.75) is 26.4 Å². The maximum Gasteiger partial charge on any atom is 0.269 e. The molecule has 1 atom stereocenters. The monoisotopic (exact) mass is 377 g/mol. The number of nitro groups is 1. The summed E-state index contributed by atoms with van der Waals surface area (Å²) in [5.74, 6) is 1.03. The van der Waals surface area contributed by atoms with Crippen molar-refractivity contribution in [3.05, 3.63) is 57.1 Å². The highest BCUT2D eigenvalue weighted by atomic mass is 35.5. The van der Waals surface area contributed by atoms with E-state index < -0.39 is 4.92 Å². The molecule has 0 bridgehead atoms. The van der Waals surface area contributed by atoms with E-state index in [4.69, 9.17) is 21.1 Å². The van der Waals surface area contributed by atoms with Crippen LogP contribution in [-0.2, 0) is 0 Å². The Morgan fingerprint density at radius 2 is 2.04 bits per heavy atom. The van der Waals surface area contributed by atoms with Gasteiger partial charge in [0.2, 0.25) is 0 Å². The molecule has 0 radical (unpaired) electrons. The molecule has 1 unspecified atom stereocenters. The van der Waals surface area contributed by atoms with Crippen LogP contribution in [0.1, 0.15) is 25.8 Å². The summed E-state index contributed by atoms with van der Waals surface area (Å²) in [4.78, 5) is 10.2. The van der Waals surface area contributed by atoms with Crippen LogP contribution in [0.4, 0.5) is 11.4 Å². The Kier molecular flexibility index (Phi) is 6.80. The molecule has 138 valence electrons. The molecule has 0 amide bonds. The van der Waals surface area contributed by atoms with E-state index in [0.717, 1.165) is 12.0 Å². The molecule has 1 N–H and O–H groups in total. The molecule has 2 aromatic carbocycles. The van der Waals surface area contributed by atoms with Crippen LogP contribution in [0.15, 0.2) is 41.5 Å². The predicted molar refractivity (Wildman–Crippen MR) is 103 cm³/mol. The number of hydrogen-bond acceptors (Lipinski definition) is 6. The zero-order valence-electron chi connectivity index (χ0n) is 14.7. The molecule has 0 heterocycles. The summed E-state index contributed by atoms with van der Waals surface area (Å²) in [5.41, 5.74) is 4.17. The van der Waals surface area contributed by atoms with Crippen molar-refractivity contribution in [1.82, 2.24) is 0 Å². The maximum absolute atomic E-state index is 10.6. The molecule has 26 heavy (non-hydrogen) atoms. The number of nitro benzene ring substituents is 1. The standard InChI is InChI=1S/C18H20ClN3O4/c1-4-12(2)26-18-16(19)9-13(10-17(18)25-3)11-20-21-14-5-7-15(8-6-14)22(23)24/h5-12,21H,4H2,1-3H3. The molecular weight excluding hydrogens is 358 g/mol. The van der Waals surface area contributed by atoms with Crippen molar-refractivity contribution in [2.24, 2.45) is 5.10 Å². The Bertz CT molecular complexity index is 794. The molecule has 0 saturated heterocycles. The van der Waals surface area contributed by atoms with Crippen LogP contribution in [0.5, 0.6) is 11.5 Å². The van der Waals surface area contributed by atoms with Crippen molar-refractivity contribution >= 4 is 29.2 Å². The van der Waals surface area contributed by atoms with E-state index in [2.05, 4.69) is 10.5 Å². The molecule has 0 fully saturated rings. The zero-order chi connectivity index (χ0) is 19.1. The number of non-ortho nitro benzene ring substituents is 1. The lowest BCUT2D eigenvalue weighted by molar-refractivity contribution is -0.384. The Hall–Kier alpha value is -2.80. The Labute approximate surface area is 156 Å². The molecule has 0 spiro atoms. The molecular formula is C18H20ClN3O4. The molecule has 2 aromatic rings. The lowest BCUT2D eigenvalue weighted by atomic mass is 10.2. The quantitative estimate of drug-likeness (QED) is 0.402. The topological polar surface area (TPSA) is 86.0 Å². The Morgan fingerprint density at radius 1 is 1.35 bits per heavy atom. The molecule has 7 nitrogen and oxygen atoms in total. The predicted octanol–water partition coefficient (Wildman–Crippen LogP) is 4.88. The minimum atomic E-state index is -0.454. The van der Waals surface area contributed by atoms with Crippen molar-refractivity contribution in [2.75, 3.05) is 12.5 Å². The molecule has 0 aliphatic carbocycles. The van der Waals surface area contributed by atoms with Crippen molar-refractivity contribution in [3.8, 4) is 11.5 Å².